The van der Waals surface area contributed by atoms with E-state index in [9.17, 15) is 30.0 Å². The van der Waals surface area contributed by atoms with Crippen molar-refractivity contribution in [2.75, 3.05) is 0 Å². The second-order valence-electron chi connectivity index (χ2n) is 13.0. The minimum atomic E-state index is -1.04. The van der Waals surface area contributed by atoms with Gasteiger partial charge in [-0.2, -0.15) is 0 Å². The summed E-state index contributed by atoms with van der Waals surface area (Å²) in [5.41, 5.74) is -0.170. The van der Waals surface area contributed by atoms with Gasteiger partial charge in [0.1, 0.15) is 23.1 Å². The van der Waals surface area contributed by atoms with Gasteiger partial charge in [0.15, 0.2) is 0 Å². The number of carboxylic acid groups (broad SMARTS) is 1. The second kappa shape index (κ2) is 8.34. The van der Waals surface area contributed by atoms with Gasteiger partial charge in [-0.3, -0.25) is 4.79 Å². The molecule has 0 saturated heterocycles. The van der Waals surface area contributed by atoms with E-state index in [1.807, 2.05) is 27.7 Å². The van der Waals surface area contributed by atoms with Crippen LogP contribution in [0.25, 0.3) is 0 Å². The molecule has 0 radical (unpaired) electrons. The Bertz CT molecular complexity index is 1150. The number of carboxylic acids is 1. The normalized spacial score (nSPS) is 37.5. The van der Waals surface area contributed by atoms with Gasteiger partial charge in [-0.1, -0.05) is 48.0 Å². The van der Waals surface area contributed by atoms with Gasteiger partial charge in [-0.15, -0.1) is 0 Å². The maximum absolute atomic E-state index is 13.4. The molecule has 2 fully saturated rings. The number of aromatic hydroxyl groups is 1. The van der Waals surface area contributed by atoms with Crippen LogP contribution in [0.15, 0.2) is 6.07 Å². The van der Waals surface area contributed by atoms with E-state index < -0.39 is 46.6 Å². The van der Waals surface area contributed by atoms with Crippen LogP contribution in [-0.4, -0.2) is 61.1 Å². The Balaban J connectivity index is 1.59. The molecule has 0 bridgehead atoms. The van der Waals surface area contributed by atoms with E-state index in [0.29, 0.717) is 41.7 Å². The summed E-state index contributed by atoms with van der Waals surface area (Å²) in [4.78, 5) is 27.0. The third-order valence-corrected chi connectivity index (χ3v) is 10.9. The van der Waals surface area contributed by atoms with Crippen molar-refractivity contribution in [3.8, 4) is 11.5 Å². The summed E-state index contributed by atoms with van der Waals surface area (Å²) in [5, 5.41) is 42.9. The van der Waals surface area contributed by atoms with Crippen LogP contribution in [0.3, 0.4) is 0 Å². The molecule has 2 heterocycles. The lowest BCUT2D eigenvalue weighted by Gasteiger charge is -2.64. The van der Waals surface area contributed by atoms with Gasteiger partial charge < -0.3 is 30.1 Å². The van der Waals surface area contributed by atoms with Crippen LogP contribution in [0.1, 0.15) is 88.7 Å². The highest BCUT2D eigenvalue weighted by Gasteiger charge is 2.69. The smallest absolute Gasteiger partial charge is 0.326 e. The first kappa shape index (κ1) is 26.3. The molecular formula is C29H41NO7. The number of phenolic OH excluding ortho intramolecular Hbond substituents is 1. The highest BCUT2D eigenvalue weighted by molar-refractivity contribution is 6.02. The summed E-state index contributed by atoms with van der Waals surface area (Å²) in [7, 11) is 0. The Labute approximate surface area is 218 Å². The molecule has 0 aromatic heterocycles. The average Bonchev–Trinajstić information content (AvgIpc) is 3.37. The molecule has 2 saturated carbocycles. The average molecular weight is 516 g/mol. The number of aliphatic hydroxyl groups is 2. The molecule has 0 unspecified atom stereocenters. The Kier molecular flexibility index (Phi) is 5.93. The van der Waals surface area contributed by atoms with Crippen LogP contribution >= 0.6 is 0 Å². The molecule has 1 amide bonds. The Morgan fingerprint density at radius 3 is 2.51 bits per heavy atom. The summed E-state index contributed by atoms with van der Waals surface area (Å²) >= 11 is 0. The van der Waals surface area contributed by atoms with E-state index in [1.165, 1.54) is 11.0 Å². The van der Waals surface area contributed by atoms with Gasteiger partial charge in [0, 0.05) is 23.0 Å². The minimum Gasteiger partial charge on any atom is -0.508 e. The topological polar surface area (TPSA) is 128 Å². The van der Waals surface area contributed by atoms with Gasteiger partial charge in [-0.05, 0) is 48.5 Å². The number of hydrogen-bond acceptors (Lipinski definition) is 6. The number of nitrogens with zero attached hydrogens (tertiary/aromatic N) is 1. The van der Waals surface area contributed by atoms with E-state index >= 15 is 0 Å². The molecule has 2 aliphatic heterocycles. The summed E-state index contributed by atoms with van der Waals surface area (Å²) in [6.45, 7) is 12.2. The Morgan fingerprint density at radius 1 is 1.22 bits per heavy atom. The van der Waals surface area contributed by atoms with Crippen molar-refractivity contribution in [3.05, 3.63) is 22.8 Å². The number of carbonyl (C=O) groups is 2. The van der Waals surface area contributed by atoms with Crippen LogP contribution in [0.4, 0.5) is 0 Å². The van der Waals surface area contributed by atoms with Crippen LogP contribution in [0, 0.1) is 28.6 Å². The Morgan fingerprint density at radius 2 is 1.89 bits per heavy atom. The second-order valence-corrected chi connectivity index (χ2v) is 13.0. The number of carbonyl (C=O) groups excluding carboxylic acids is 1. The summed E-state index contributed by atoms with van der Waals surface area (Å²) in [6.07, 6.45) is 1.48. The summed E-state index contributed by atoms with van der Waals surface area (Å²) in [5.74, 6) is -1.00. The first-order valence-electron chi connectivity index (χ1n) is 13.7. The zero-order chi connectivity index (χ0) is 27.2. The van der Waals surface area contributed by atoms with Crippen LogP contribution in [-0.2, 0) is 17.8 Å². The predicted octanol–water partition coefficient (Wildman–Crippen LogP) is 3.73. The molecule has 2 aliphatic carbocycles. The number of aliphatic hydroxyl groups excluding tert-OH is 2. The number of amides is 1. The van der Waals surface area contributed by atoms with Gasteiger partial charge in [-0.25, -0.2) is 4.79 Å². The number of ether oxygens (including phenoxy) is 1. The number of rotatable bonds is 4. The maximum Gasteiger partial charge on any atom is 0.326 e. The SMILES string of the molecule is CC[C@H](C)[C@@H](C(=O)O)N1Cc2c(cc(O)c3c2O[C@]2(C3)[C@H](C)CC[C@H]3C(C)(C)[C@H](O)[C@H](O)C[C@@]32C)C1=O. The number of phenols is 1. The molecule has 8 heteroatoms. The fourth-order valence-corrected chi connectivity index (χ4v) is 8.56. The lowest BCUT2D eigenvalue weighted by atomic mass is 9.43. The van der Waals surface area contributed by atoms with Crippen LogP contribution in [0.2, 0.25) is 0 Å². The lowest BCUT2D eigenvalue weighted by molar-refractivity contribution is -0.240. The largest absolute Gasteiger partial charge is 0.508 e. The van der Waals surface area contributed by atoms with E-state index in [2.05, 4.69) is 13.8 Å². The molecule has 4 N–H and O–H groups in total. The minimum absolute atomic E-state index is 0.00943. The summed E-state index contributed by atoms with van der Waals surface area (Å²) < 4.78 is 6.97. The molecule has 37 heavy (non-hydrogen) atoms. The molecule has 8 atom stereocenters. The maximum atomic E-state index is 13.4. The van der Waals surface area contributed by atoms with E-state index in [4.69, 9.17) is 4.74 Å². The quantitative estimate of drug-likeness (QED) is 0.481. The lowest BCUT2D eigenvalue weighted by Crippen LogP contribution is -2.69. The molecule has 1 aromatic rings. The number of fused-ring (bicyclic) bond motifs is 5. The molecular weight excluding hydrogens is 474 g/mol. The highest BCUT2D eigenvalue weighted by Crippen LogP contribution is 2.67. The van der Waals surface area contributed by atoms with Crippen LogP contribution < -0.4 is 4.74 Å². The zero-order valence-electron chi connectivity index (χ0n) is 22.7. The fourth-order valence-electron chi connectivity index (χ4n) is 8.56. The van der Waals surface area contributed by atoms with Gasteiger partial charge in [0.25, 0.3) is 5.91 Å². The van der Waals surface area contributed by atoms with Crippen molar-refractivity contribution in [2.24, 2.45) is 28.6 Å². The third-order valence-electron chi connectivity index (χ3n) is 10.9. The standard InChI is InChI=1S/C29H41NO7/c1-7-14(2)22(26(35)36)30-13-18-16(25(30)34)10-19(31)17-11-29(37-23(17)18)15(3)8-9-21-27(4,5)24(33)20(32)12-28(21,29)6/h10,14-15,20-22,24,31-33H,7-9,11-13H2,1-6H3,(H,35,36)/t14-,15+,20+,21-,22-,24+,28-,29+/m0/s1. The first-order chi connectivity index (χ1) is 17.2. The van der Waals surface area contributed by atoms with Crippen LogP contribution in [0.5, 0.6) is 11.5 Å². The Hall–Kier alpha value is -2.32. The highest BCUT2D eigenvalue weighted by atomic mass is 16.5. The monoisotopic (exact) mass is 515 g/mol. The number of hydrogen-bond donors (Lipinski definition) is 4. The van der Waals surface area contributed by atoms with Gasteiger partial charge >= 0.3 is 5.97 Å². The van der Waals surface area contributed by atoms with Crippen molar-refractivity contribution in [1.82, 2.24) is 4.90 Å². The molecule has 204 valence electrons. The number of aliphatic carboxylic acids is 1. The molecule has 1 spiro atoms. The number of benzene rings is 1. The summed E-state index contributed by atoms with van der Waals surface area (Å²) in [6, 6.07) is 0.509. The third kappa shape index (κ3) is 3.33. The van der Waals surface area contributed by atoms with Gasteiger partial charge in [0.05, 0.1) is 24.3 Å². The molecule has 4 aliphatic rings. The van der Waals surface area contributed by atoms with E-state index in [-0.39, 0.29) is 30.0 Å². The van der Waals surface area contributed by atoms with Crippen molar-refractivity contribution >= 4 is 11.9 Å². The first-order valence-corrected chi connectivity index (χ1v) is 13.7. The van der Waals surface area contributed by atoms with E-state index in [0.717, 1.165) is 12.8 Å². The van der Waals surface area contributed by atoms with Gasteiger partial charge in [0.2, 0.25) is 0 Å². The molecule has 1 aromatic carbocycles. The van der Waals surface area contributed by atoms with Crippen molar-refractivity contribution in [2.45, 2.75) is 104 Å². The predicted molar refractivity (Wildman–Crippen MR) is 136 cm³/mol. The van der Waals surface area contributed by atoms with Crippen molar-refractivity contribution in [1.29, 1.82) is 0 Å². The van der Waals surface area contributed by atoms with E-state index in [1.54, 1.807) is 0 Å². The fraction of sp³-hybridized carbons (Fsp3) is 0.724. The van der Waals surface area contributed by atoms with Crippen molar-refractivity contribution in [3.63, 3.8) is 0 Å². The molecule has 5 rings (SSSR count). The zero-order valence-corrected chi connectivity index (χ0v) is 22.7. The molecule has 8 nitrogen and oxygen atoms in total. The van der Waals surface area contributed by atoms with Crippen molar-refractivity contribution < 1.29 is 34.8 Å².